The Kier molecular flexibility index (Phi) is 1.24. The van der Waals surface area contributed by atoms with E-state index in [0.29, 0.717) is 5.92 Å². The van der Waals surface area contributed by atoms with E-state index in [1.807, 2.05) is 0 Å². The number of hydrogen-bond donors (Lipinski definition) is 0. The van der Waals surface area contributed by atoms with Crippen molar-refractivity contribution in [3.8, 4) is 0 Å². The van der Waals surface area contributed by atoms with Gasteiger partial charge in [-0.2, -0.15) is 0 Å². The molecule has 0 bridgehead atoms. The van der Waals surface area contributed by atoms with E-state index in [1.165, 1.54) is 4.91 Å². The fourth-order valence-electron chi connectivity index (χ4n) is 0.459. The lowest BCUT2D eigenvalue weighted by molar-refractivity contribution is 0.939. The minimum Gasteiger partial charge on any atom is -0.103 e. The molecule has 1 rings (SSSR count). The summed E-state index contributed by atoms with van der Waals surface area (Å²) in [5.74, 6) is 0.602. The van der Waals surface area contributed by atoms with Gasteiger partial charge in [-0.15, -0.1) is 11.8 Å². The topological polar surface area (TPSA) is 0 Å². The van der Waals surface area contributed by atoms with Gasteiger partial charge in [0.1, 0.15) is 0 Å². The van der Waals surface area contributed by atoms with Gasteiger partial charge in [-0.05, 0) is 10.3 Å². The average molecular weight is 112 g/mol. The third kappa shape index (κ3) is 0.885. The lowest BCUT2D eigenvalue weighted by atomic mass is 10.2. The van der Waals surface area contributed by atoms with Crippen LogP contribution in [0.2, 0.25) is 0 Å². The van der Waals surface area contributed by atoms with E-state index in [0.717, 1.165) is 0 Å². The predicted molar refractivity (Wildman–Crippen MR) is 35.0 cm³/mol. The molecule has 0 spiro atoms. The fourth-order valence-corrected chi connectivity index (χ4v) is 1.24. The highest BCUT2D eigenvalue weighted by Gasteiger charge is 2.06. The maximum Gasteiger partial charge on any atom is 0.00552 e. The van der Waals surface area contributed by atoms with Crippen molar-refractivity contribution in [3.63, 3.8) is 0 Å². The minimum atomic E-state index is 0.602. The molecule has 0 amide bonds. The third-order valence-electron chi connectivity index (χ3n) is 1.09. The van der Waals surface area contributed by atoms with Gasteiger partial charge < -0.3 is 0 Å². The second kappa shape index (κ2) is 1.74. The van der Waals surface area contributed by atoms with Crippen molar-refractivity contribution in [2.75, 3.05) is 0 Å². The van der Waals surface area contributed by atoms with Crippen LogP contribution in [0.15, 0.2) is 23.0 Å². The Labute approximate surface area is 48.3 Å². The van der Waals surface area contributed by atoms with Crippen LogP contribution in [0.5, 0.6) is 0 Å². The summed E-state index contributed by atoms with van der Waals surface area (Å²) in [6.07, 6.45) is 2.16. The van der Waals surface area contributed by atoms with E-state index >= 15 is 0 Å². The zero-order valence-corrected chi connectivity index (χ0v) is 5.16. The van der Waals surface area contributed by atoms with Crippen LogP contribution in [-0.4, -0.2) is 0 Å². The molecule has 0 fully saturated rings. The molecule has 0 saturated carbocycles. The highest BCUT2D eigenvalue weighted by molar-refractivity contribution is 8.06. The molecular formula is C6H8S. The van der Waals surface area contributed by atoms with Gasteiger partial charge in [0.2, 0.25) is 0 Å². The van der Waals surface area contributed by atoms with E-state index < -0.39 is 0 Å². The molecular weight excluding hydrogens is 104 g/mol. The van der Waals surface area contributed by atoms with Gasteiger partial charge in [0.25, 0.3) is 0 Å². The third-order valence-corrected chi connectivity index (χ3v) is 2.06. The highest BCUT2D eigenvalue weighted by atomic mass is 32.2. The first-order valence-electron chi connectivity index (χ1n) is 2.33. The molecule has 0 aromatic heterocycles. The molecule has 0 saturated heterocycles. The number of hydrogen-bond acceptors (Lipinski definition) is 1. The van der Waals surface area contributed by atoms with Crippen LogP contribution in [0.4, 0.5) is 0 Å². The van der Waals surface area contributed by atoms with Crippen molar-refractivity contribution in [1.29, 1.82) is 0 Å². The molecule has 0 nitrogen and oxygen atoms in total. The highest BCUT2D eigenvalue weighted by Crippen LogP contribution is 2.30. The minimum absolute atomic E-state index is 0.602. The maximum absolute atomic E-state index is 3.84. The zero-order valence-electron chi connectivity index (χ0n) is 4.35. The number of thioether (sulfide) groups is 1. The standard InChI is InChI=1S/C6H8S/c1-5-3-4-7-6(5)2/h3-5H,2H2,1H3. The second-order valence-electron chi connectivity index (χ2n) is 1.70. The van der Waals surface area contributed by atoms with Crippen molar-refractivity contribution < 1.29 is 0 Å². The first-order valence-corrected chi connectivity index (χ1v) is 3.21. The molecule has 38 valence electrons. The van der Waals surface area contributed by atoms with Gasteiger partial charge in [-0.25, -0.2) is 0 Å². The van der Waals surface area contributed by atoms with Crippen molar-refractivity contribution in [3.05, 3.63) is 23.0 Å². The quantitative estimate of drug-likeness (QED) is 0.463. The molecule has 1 heteroatoms. The normalized spacial score (nSPS) is 29.3. The van der Waals surface area contributed by atoms with Gasteiger partial charge in [-0.3, -0.25) is 0 Å². The Balaban J connectivity index is 2.62. The fraction of sp³-hybridized carbons (Fsp3) is 0.333. The van der Waals surface area contributed by atoms with E-state index in [2.05, 4.69) is 25.0 Å². The lowest BCUT2D eigenvalue weighted by Gasteiger charge is -1.95. The Morgan fingerprint density at radius 3 is 2.71 bits per heavy atom. The Morgan fingerprint density at radius 2 is 2.57 bits per heavy atom. The summed E-state index contributed by atoms with van der Waals surface area (Å²) in [5, 5.41) is 2.09. The van der Waals surface area contributed by atoms with E-state index in [-0.39, 0.29) is 0 Å². The summed E-state index contributed by atoms with van der Waals surface area (Å²) in [4.78, 5) is 1.26. The van der Waals surface area contributed by atoms with Crippen LogP contribution < -0.4 is 0 Å². The molecule has 1 unspecified atom stereocenters. The smallest absolute Gasteiger partial charge is 0.00552 e. The summed E-state index contributed by atoms with van der Waals surface area (Å²) in [7, 11) is 0. The van der Waals surface area contributed by atoms with Crippen LogP contribution in [0.3, 0.4) is 0 Å². The van der Waals surface area contributed by atoms with Gasteiger partial charge in [0.05, 0.1) is 0 Å². The van der Waals surface area contributed by atoms with Gasteiger partial charge in [0.15, 0.2) is 0 Å². The summed E-state index contributed by atoms with van der Waals surface area (Å²) in [6, 6.07) is 0. The van der Waals surface area contributed by atoms with Crippen molar-refractivity contribution in [2.24, 2.45) is 5.92 Å². The molecule has 1 aliphatic heterocycles. The van der Waals surface area contributed by atoms with E-state index in [1.54, 1.807) is 11.8 Å². The number of rotatable bonds is 0. The van der Waals surface area contributed by atoms with Crippen molar-refractivity contribution in [1.82, 2.24) is 0 Å². The van der Waals surface area contributed by atoms with Crippen LogP contribution in [0.25, 0.3) is 0 Å². The molecule has 0 aromatic rings. The monoisotopic (exact) mass is 112 g/mol. The molecule has 1 heterocycles. The van der Waals surface area contributed by atoms with Gasteiger partial charge in [-0.1, -0.05) is 19.6 Å². The summed E-state index contributed by atoms with van der Waals surface area (Å²) in [6.45, 7) is 5.99. The van der Waals surface area contributed by atoms with Crippen molar-refractivity contribution >= 4 is 11.8 Å². The molecule has 0 aromatic carbocycles. The van der Waals surface area contributed by atoms with E-state index in [9.17, 15) is 0 Å². The van der Waals surface area contributed by atoms with Crippen molar-refractivity contribution in [2.45, 2.75) is 6.92 Å². The molecule has 1 aliphatic rings. The molecule has 7 heavy (non-hydrogen) atoms. The molecule has 0 N–H and O–H groups in total. The SMILES string of the molecule is C=C1SC=CC1C. The number of allylic oxidation sites excluding steroid dienone is 2. The lowest BCUT2D eigenvalue weighted by Crippen LogP contribution is -1.80. The molecule has 0 radical (unpaired) electrons. The summed E-state index contributed by atoms with van der Waals surface area (Å²) in [5.41, 5.74) is 0. The van der Waals surface area contributed by atoms with Crippen LogP contribution in [-0.2, 0) is 0 Å². The van der Waals surface area contributed by atoms with E-state index in [4.69, 9.17) is 0 Å². The largest absolute Gasteiger partial charge is 0.103 e. The molecule has 0 aliphatic carbocycles. The Bertz CT molecular complexity index is 113. The first-order chi connectivity index (χ1) is 3.30. The van der Waals surface area contributed by atoms with Crippen LogP contribution in [0, 0.1) is 5.92 Å². The summed E-state index contributed by atoms with van der Waals surface area (Å²) >= 11 is 1.73. The predicted octanol–water partition coefficient (Wildman–Crippen LogP) is 2.40. The first kappa shape index (κ1) is 4.98. The van der Waals surface area contributed by atoms with Crippen LogP contribution in [0.1, 0.15) is 6.92 Å². The zero-order chi connectivity index (χ0) is 5.28. The Hall–Kier alpha value is -0.170. The van der Waals surface area contributed by atoms with Gasteiger partial charge >= 0.3 is 0 Å². The van der Waals surface area contributed by atoms with Crippen LogP contribution >= 0.6 is 11.8 Å². The Morgan fingerprint density at radius 1 is 1.86 bits per heavy atom. The summed E-state index contributed by atoms with van der Waals surface area (Å²) < 4.78 is 0. The average Bonchev–Trinajstić information content (AvgIpc) is 1.91. The molecule has 1 atom stereocenters. The maximum atomic E-state index is 3.84. The van der Waals surface area contributed by atoms with Gasteiger partial charge in [0, 0.05) is 5.92 Å². The second-order valence-corrected chi connectivity index (χ2v) is 2.73.